The molecule has 0 aliphatic heterocycles. The fraction of sp³-hybridized carbons (Fsp3) is 0.0769. The fourth-order valence-corrected chi connectivity index (χ4v) is 1.66. The van der Waals surface area contributed by atoms with Gasteiger partial charge in [-0.25, -0.2) is 4.39 Å². The van der Waals surface area contributed by atoms with E-state index in [-0.39, 0.29) is 70.4 Å². The average Bonchev–Trinajstić information content (AvgIpc) is 2.29. The van der Waals surface area contributed by atoms with Gasteiger partial charge in [-0.05, 0) is 30.2 Å². The van der Waals surface area contributed by atoms with Crippen molar-refractivity contribution in [3.8, 4) is 11.1 Å². The first-order valence-corrected chi connectivity index (χ1v) is 5.02. The Morgan fingerprint density at radius 2 is 1.63 bits per heavy atom. The van der Waals surface area contributed by atoms with Crippen LogP contribution in [0, 0.1) is 12.7 Å². The van der Waals surface area contributed by atoms with Gasteiger partial charge in [0.1, 0.15) is 5.82 Å². The largest absolute Gasteiger partial charge is 1.06 e. The van der Waals surface area contributed by atoms with Crippen LogP contribution in [0.3, 0.4) is 0 Å². The summed E-state index contributed by atoms with van der Waals surface area (Å²) in [7, 11) is 0.824. The Hall–Kier alpha value is 0.355. The molecule has 2 nitrogen and oxygen atoms in total. The van der Waals surface area contributed by atoms with Crippen LogP contribution in [0.25, 0.3) is 11.1 Å². The van der Waals surface area contributed by atoms with Gasteiger partial charge in [0.25, 0.3) is 0 Å². The minimum atomic E-state index is -0.255. The third kappa shape index (κ3) is 5.70. The molecule has 0 unspecified atom stereocenters. The Labute approximate surface area is 157 Å². The first kappa shape index (κ1) is 21.6. The summed E-state index contributed by atoms with van der Waals surface area (Å²) in [4.78, 5) is 0. The summed E-state index contributed by atoms with van der Waals surface area (Å²) in [5.41, 5.74) is 3.31. The van der Waals surface area contributed by atoms with Gasteiger partial charge in [-0.2, -0.15) is 0 Å². The molecule has 0 aliphatic rings. The van der Waals surface area contributed by atoms with Gasteiger partial charge in [-0.15, -0.1) is 6.07 Å². The van der Waals surface area contributed by atoms with Gasteiger partial charge in [0.2, 0.25) is 0 Å². The molecule has 1 N–H and O–H groups in total. The summed E-state index contributed by atoms with van der Waals surface area (Å²) in [5, 5.41) is 10.7. The molecule has 0 fully saturated rings. The zero-order valence-corrected chi connectivity index (χ0v) is 15.4. The fourth-order valence-electron chi connectivity index (χ4n) is 1.66. The number of rotatable bonds is 2. The van der Waals surface area contributed by atoms with Crippen LogP contribution in [-0.4, -0.2) is 13.0 Å². The number of benzene rings is 2. The predicted octanol–water partition coefficient (Wildman–Crippen LogP) is -4.76. The molecule has 88 valence electrons. The van der Waals surface area contributed by atoms with Crippen LogP contribution in [-0.2, 0) is 0 Å². The molecule has 2 aromatic carbocycles. The van der Waals surface area contributed by atoms with E-state index in [1.807, 2.05) is 25.1 Å². The average molecular weight is 275 g/mol. The van der Waals surface area contributed by atoms with Crippen molar-refractivity contribution in [3.05, 3.63) is 53.8 Å². The summed E-state index contributed by atoms with van der Waals surface area (Å²) in [6.45, 7) is 1.87. The van der Waals surface area contributed by atoms with Crippen molar-refractivity contribution < 1.29 is 74.0 Å². The molecule has 0 heterocycles. The topological polar surface area (TPSA) is 53.1 Å². The van der Waals surface area contributed by atoms with Gasteiger partial charge < -0.3 is 23.4 Å². The molecule has 0 saturated carbocycles. The second-order valence-corrected chi connectivity index (χ2v) is 3.70. The van der Waals surface area contributed by atoms with Gasteiger partial charge in [0, 0.05) is 0 Å². The number of hydrogen-bond acceptors (Lipinski definition) is 2. The maximum Gasteiger partial charge on any atom is 1.00 e. The Morgan fingerprint density at radius 3 is 2.16 bits per heavy atom. The zero-order chi connectivity index (χ0) is 11.5. The van der Waals surface area contributed by atoms with Gasteiger partial charge in [-0.1, -0.05) is 29.8 Å². The van der Waals surface area contributed by atoms with Crippen molar-refractivity contribution in [2.24, 2.45) is 0 Å². The number of hydrogen-bond donors (Lipinski definition) is 0. The zero-order valence-electron chi connectivity index (χ0n) is 11.4. The third-order valence-electron chi connectivity index (χ3n) is 2.55. The molecule has 0 amide bonds. The van der Waals surface area contributed by atoms with Crippen LogP contribution >= 0.6 is 0 Å². The molecule has 2 radical (unpaired) electrons. The van der Waals surface area contributed by atoms with Crippen molar-refractivity contribution >= 4 is 12.9 Å². The van der Waals surface area contributed by atoms with Crippen molar-refractivity contribution in [1.29, 1.82) is 0 Å². The van der Waals surface area contributed by atoms with Crippen molar-refractivity contribution in [2.75, 3.05) is 0 Å². The third-order valence-corrected chi connectivity index (χ3v) is 2.55. The monoisotopic (exact) mass is 275 g/mol. The summed E-state index contributed by atoms with van der Waals surface area (Å²) >= 11 is 0. The molecule has 2 aromatic rings. The molecule has 0 saturated heterocycles. The van der Waals surface area contributed by atoms with Gasteiger partial charge >= 0.3 is 59.1 Å². The first-order chi connectivity index (χ1) is 7.70. The molecule has 2 rings (SSSR count). The van der Waals surface area contributed by atoms with E-state index in [4.69, 9.17) is 0 Å². The van der Waals surface area contributed by atoms with Crippen LogP contribution < -0.4 is 69.6 Å². The summed E-state index contributed by atoms with van der Waals surface area (Å²) in [6, 6.07) is 11.9. The molecule has 0 spiro atoms. The van der Waals surface area contributed by atoms with Crippen molar-refractivity contribution in [1.82, 2.24) is 0 Å². The first-order valence-electron chi connectivity index (χ1n) is 5.02. The van der Waals surface area contributed by atoms with E-state index in [1.54, 1.807) is 12.1 Å². The Bertz CT molecular complexity index is 524. The van der Waals surface area contributed by atoms with Crippen LogP contribution in [0.1, 0.15) is 5.56 Å². The minimum absolute atomic E-state index is 0. The minimum Gasteiger partial charge on any atom is -1.06 e. The molecule has 6 heteroatoms. The van der Waals surface area contributed by atoms with E-state index in [2.05, 4.69) is 0 Å². The second-order valence-electron chi connectivity index (χ2n) is 3.70. The van der Waals surface area contributed by atoms with E-state index >= 15 is 0 Å². The predicted molar refractivity (Wildman–Crippen MR) is 63.9 cm³/mol. The van der Waals surface area contributed by atoms with E-state index in [1.165, 1.54) is 12.1 Å². The van der Waals surface area contributed by atoms with E-state index in [9.17, 15) is 9.41 Å². The van der Waals surface area contributed by atoms with E-state index < -0.39 is 0 Å². The maximum absolute atomic E-state index is 13.0. The number of aryl methyl sites for hydroxylation is 1. The van der Waals surface area contributed by atoms with Crippen LogP contribution in [0.5, 0.6) is 0 Å². The van der Waals surface area contributed by atoms with E-state index in [0.717, 1.165) is 24.2 Å². The molecule has 0 aliphatic carbocycles. The van der Waals surface area contributed by atoms with Crippen LogP contribution in [0.2, 0.25) is 0 Å². The van der Waals surface area contributed by atoms with Gasteiger partial charge in [0.15, 0.2) is 0 Å². The Kier molecular flexibility index (Phi) is 11.5. The molecule has 0 aromatic heterocycles. The van der Waals surface area contributed by atoms with Gasteiger partial charge in [-0.3, -0.25) is 0 Å². The second kappa shape index (κ2) is 10.1. The van der Waals surface area contributed by atoms with Crippen LogP contribution in [0.4, 0.5) is 4.39 Å². The SMILES string of the molecule is Cc1cc(-c2cccc(F)c2)ccc1[B-][O-].[Na+].[Na+].[OH-]. The smallest absolute Gasteiger partial charge is 1.00 e. The summed E-state index contributed by atoms with van der Waals surface area (Å²) < 4.78 is 13.0. The quantitative estimate of drug-likeness (QED) is 0.517. The molecular formula is C13H11BFNa2O2-. The Balaban J connectivity index is 0. The van der Waals surface area contributed by atoms with Crippen molar-refractivity contribution in [3.63, 3.8) is 0 Å². The normalized spacial score (nSPS) is 8.79. The standard InChI is InChI=1S/C13H10BFO.2Na.H2O/c1-9-7-11(5-6-13(9)14-16)10-3-2-4-12(15)8-10;;;/h2-8H,1H3;;;1H2/q-2;2*+1;/p-1. The Morgan fingerprint density at radius 1 is 1.00 bits per heavy atom. The maximum atomic E-state index is 13.0. The number of halogens is 1. The van der Waals surface area contributed by atoms with Crippen LogP contribution in [0.15, 0.2) is 42.5 Å². The molecule has 0 atom stereocenters. The van der Waals surface area contributed by atoms with Crippen molar-refractivity contribution in [2.45, 2.75) is 6.92 Å². The summed E-state index contributed by atoms with van der Waals surface area (Å²) in [5.74, 6) is -0.255. The summed E-state index contributed by atoms with van der Waals surface area (Å²) in [6.07, 6.45) is 0. The molecule has 19 heavy (non-hydrogen) atoms. The van der Waals surface area contributed by atoms with E-state index in [0.29, 0.717) is 5.46 Å². The molecule has 0 bridgehead atoms. The van der Waals surface area contributed by atoms with Gasteiger partial charge in [0.05, 0.1) is 0 Å². The molecular weight excluding hydrogens is 264 g/mol.